The number of nitrogens with zero attached hydrogens (tertiary/aromatic N) is 5. The molecule has 12 heteroatoms. The van der Waals surface area contributed by atoms with Crippen molar-refractivity contribution in [3.8, 4) is 0 Å². The smallest absolute Gasteiger partial charge is 0.374 e. The number of sulfonamides is 1. The number of aryl methyl sites for hydroxylation is 1. The molecule has 3 aromatic heterocycles. The molecule has 4 heterocycles. The van der Waals surface area contributed by atoms with Gasteiger partial charge in [-0.05, 0) is 43.3 Å². The first-order valence-corrected chi connectivity index (χ1v) is 12.7. The van der Waals surface area contributed by atoms with E-state index in [2.05, 4.69) is 10.1 Å². The number of hydrogen-bond acceptors (Lipinski definition) is 8. The highest BCUT2D eigenvalue weighted by Gasteiger charge is 2.27. The van der Waals surface area contributed by atoms with Gasteiger partial charge in [-0.2, -0.15) is 9.40 Å². The van der Waals surface area contributed by atoms with Crippen LogP contribution in [0.5, 0.6) is 0 Å². The van der Waals surface area contributed by atoms with Crippen molar-refractivity contribution in [3.05, 3.63) is 66.1 Å². The minimum atomic E-state index is -3.64. The average molecular weight is 500 g/mol. The van der Waals surface area contributed by atoms with Gasteiger partial charge in [-0.1, -0.05) is 0 Å². The van der Waals surface area contributed by atoms with Crippen molar-refractivity contribution in [3.63, 3.8) is 0 Å². The van der Waals surface area contributed by atoms with Crippen LogP contribution in [0, 0.1) is 0 Å². The van der Waals surface area contributed by atoms with Gasteiger partial charge in [0.15, 0.2) is 0 Å². The van der Waals surface area contributed by atoms with Crippen molar-refractivity contribution in [1.82, 2.24) is 23.6 Å². The normalized spacial score (nSPS) is 15.0. The molecule has 0 atom stereocenters. The predicted molar refractivity (Wildman–Crippen MR) is 124 cm³/mol. The second kappa shape index (κ2) is 9.64. The molecule has 35 heavy (non-hydrogen) atoms. The lowest BCUT2D eigenvalue weighted by atomic mass is 10.3. The number of benzene rings is 1. The van der Waals surface area contributed by atoms with Gasteiger partial charge < -0.3 is 18.5 Å². The van der Waals surface area contributed by atoms with Crippen LogP contribution in [0.2, 0.25) is 0 Å². The number of carbonyl (C=O) groups excluding carboxylic acids is 1. The molecule has 0 aliphatic carbocycles. The number of aromatic nitrogens is 4. The van der Waals surface area contributed by atoms with Crippen LogP contribution >= 0.6 is 0 Å². The highest BCUT2D eigenvalue weighted by Crippen LogP contribution is 2.24. The second-order valence-corrected chi connectivity index (χ2v) is 9.92. The zero-order chi connectivity index (χ0) is 24.4. The van der Waals surface area contributed by atoms with E-state index in [1.807, 2.05) is 11.5 Å². The Hall–Kier alpha value is -3.48. The van der Waals surface area contributed by atoms with Crippen LogP contribution in [-0.2, 0) is 39.2 Å². The van der Waals surface area contributed by atoms with Gasteiger partial charge in [-0.15, -0.1) is 0 Å². The van der Waals surface area contributed by atoms with Gasteiger partial charge >= 0.3 is 5.97 Å². The summed E-state index contributed by atoms with van der Waals surface area (Å²) in [5, 5.41) is 4.11. The van der Waals surface area contributed by atoms with E-state index in [-0.39, 0.29) is 17.3 Å². The van der Waals surface area contributed by atoms with Crippen molar-refractivity contribution >= 4 is 27.0 Å². The summed E-state index contributed by atoms with van der Waals surface area (Å²) in [5.41, 5.74) is 1.28. The molecule has 0 spiro atoms. The van der Waals surface area contributed by atoms with Crippen LogP contribution in [-0.4, -0.2) is 64.3 Å². The summed E-state index contributed by atoms with van der Waals surface area (Å²) in [5.74, 6) is 0.572. The third-order valence-electron chi connectivity index (χ3n) is 5.80. The molecule has 11 nitrogen and oxygen atoms in total. The Bertz CT molecular complexity index is 1430. The number of fused-ring (bicyclic) bond motifs is 1. The molecule has 1 aliphatic heterocycles. The minimum Gasteiger partial charge on any atom is -0.452 e. The quantitative estimate of drug-likeness (QED) is 0.339. The fourth-order valence-corrected chi connectivity index (χ4v) is 5.47. The lowest BCUT2D eigenvalue weighted by Crippen LogP contribution is -2.40. The summed E-state index contributed by atoms with van der Waals surface area (Å²) in [6.07, 6.45) is 3.46. The highest BCUT2D eigenvalue weighted by molar-refractivity contribution is 7.89. The van der Waals surface area contributed by atoms with Crippen LogP contribution < -0.4 is 0 Å². The fraction of sp³-hybridized carbons (Fsp3) is 0.348. The summed E-state index contributed by atoms with van der Waals surface area (Å²) < 4.78 is 47.3. The Morgan fingerprint density at radius 3 is 2.74 bits per heavy atom. The monoisotopic (exact) mass is 499 g/mol. The lowest BCUT2D eigenvalue weighted by Gasteiger charge is -2.26. The maximum Gasteiger partial charge on any atom is 0.374 e. The van der Waals surface area contributed by atoms with Crippen LogP contribution in [0.25, 0.3) is 11.0 Å². The van der Waals surface area contributed by atoms with E-state index in [9.17, 15) is 13.2 Å². The molecule has 5 rings (SSSR count). The molecule has 4 aromatic rings. The number of imidazole rings is 1. The van der Waals surface area contributed by atoms with Crippen molar-refractivity contribution in [2.45, 2.75) is 31.5 Å². The van der Waals surface area contributed by atoms with Crippen molar-refractivity contribution < 1.29 is 27.1 Å². The largest absolute Gasteiger partial charge is 0.452 e. The van der Waals surface area contributed by atoms with Crippen LogP contribution in [0.4, 0.5) is 0 Å². The van der Waals surface area contributed by atoms with Gasteiger partial charge in [0, 0.05) is 32.0 Å². The van der Waals surface area contributed by atoms with E-state index in [1.54, 1.807) is 53.5 Å². The zero-order valence-corrected chi connectivity index (χ0v) is 20.0. The maximum atomic E-state index is 13.0. The van der Waals surface area contributed by atoms with E-state index >= 15 is 0 Å². The van der Waals surface area contributed by atoms with Crippen molar-refractivity contribution in [2.75, 3.05) is 26.3 Å². The molecular weight excluding hydrogens is 474 g/mol. The molecule has 0 radical (unpaired) electrons. The van der Waals surface area contributed by atoms with E-state index in [0.717, 1.165) is 5.52 Å². The number of esters is 1. The first kappa shape index (κ1) is 23.3. The second-order valence-electron chi connectivity index (χ2n) is 7.99. The average Bonchev–Trinajstić information content (AvgIpc) is 3.63. The fourth-order valence-electron chi connectivity index (χ4n) is 4.05. The molecular formula is C23H25N5O6S. The maximum absolute atomic E-state index is 13.0. The lowest BCUT2D eigenvalue weighted by molar-refractivity contribution is 0.0420. The molecule has 0 saturated carbocycles. The molecule has 1 fully saturated rings. The Labute approximate surface area is 201 Å². The van der Waals surface area contributed by atoms with E-state index in [1.165, 1.54) is 4.31 Å². The molecule has 184 valence electrons. The summed E-state index contributed by atoms with van der Waals surface area (Å²) in [4.78, 5) is 17.3. The van der Waals surface area contributed by atoms with E-state index in [4.69, 9.17) is 13.9 Å². The van der Waals surface area contributed by atoms with Crippen molar-refractivity contribution in [2.24, 2.45) is 0 Å². The molecule has 0 amide bonds. The molecule has 1 saturated heterocycles. The molecule has 0 bridgehead atoms. The number of rotatable bonds is 8. The summed E-state index contributed by atoms with van der Waals surface area (Å²) in [6, 6.07) is 9.95. The SMILES string of the molecule is CCn1c(COC(=O)c2ccc(Cn3cccn3)o2)nc2cc(S(=O)(=O)N3CCOCC3)ccc21. The van der Waals surface area contributed by atoms with Crippen LogP contribution in [0.15, 0.2) is 58.1 Å². The third kappa shape index (κ3) is 4.72. The Morgan fingerprint density at radius 2 is 2.00 bits per heavy atom. The Kier molecular flexibility index (Phi) is 6.41. The first-order chi connectivity index (χ1) is 17.0. The number of carbonyl (C=O) groups is 1. The van der Waals surface area contributed by atoms with Crippen LogP contribution in [0.3, 0.4) is 0 Å². The van der Waals surface area contributed by atoms with Gasteiger partial charge in [-0.25, -0.2) is 18.2 Å². The number of ether oxygens (including phenoxy) is 2. The number of morpholine rings is 1. The molecule has 1 aromatic carbocycles. The Balaban J connectivity index is 1.32. The highest BCUT2D eigenvalue weighted by atomic mass is 32.2. The zero-order valence-electron chi connectivity index (χ0n) is 19.2. The standard InChI is InChI=1S/C23H25N5O6S/c1-2-28-20-6-5-18(35(30,31)27-10-12-32-13-11-27)14-19(20)25-22(28)16-33-23(29)21-7-4-17(34-21)15-26-9-3-8-24-26/h3-9,14H,2,10-13,15-16H2,1H3. The molecule has 0 N–H and O–H groups in total. The van der Waals surface area contributed by atoms with E-state index in [0.29, 0.717) is 56.5 Å². The predicted octanol–water partition coefficient (Wildman–Crippen LogP) is 2.27. The first-order valence-electron chi connectivity index (χ1n) is 11.3. The topological polar surface area (TPSA) is 122 Å². The van der Waals surface area contributed by atoms with Gasteiger partial charge in [-0.3, -0.25) is 4.68 Å². The van der Waals surface area contributed by atoms with Gasteiger partial charge in [0.05, 0.1) is 35.7 Å². The van der Waals surface area contributed by atoms with Crippen LogP contribution in [0.1, 0.15) is 29.1 Å². The van der Waals surface area contributed by atoms with Gasteiger partial charge in [0.1, 0.15) is 18.2 Å². The summed E-state index contributed by atoms with van der Waals surface area (Å²) in [7, 11) is -3.64. The minimum absolute atomic E-state index is 0.0813. The summed E-state index contributed by atoms with van der Waals surface area (Å²) >= 11 is 0. The van der Waals surface area contributed by atoms with Gasteiger partial charge in [0.2, 0.25) is 15.8 Å². The molecule has 0 unspecified atom stereocenters. The number of furan rings is 1. The van der Waals surface area contributed by atoms with Gasteiger partial charge in [0.25, 0.3) is 0 Å². The summed E-state index contributed by atoms with van der Waals surface area (Å²) in [6.45, 7) is 4.24. The third-order valence-corrected chi connectivity index (χ3v) is 7.69. The Morgan fingerprint density at radius 1 is 1.17 bits per heavy atom. The molecule has 1 aliphatic rings. The van der Waals surface area contributed by atoms with Crippen molar-refractivity contribution in [1.29, 1.82) is 0 Å². The number of hydrogen-bond donors (Lipinski definition) is 0. The van der Waals surface area contributed by atoms with E-state index < -0.39 is 16.0 Å².